The Hall–Kier alpha value is -1.85. The standard InChI is InChI=1S/C15H17ClN4O/c1-10-8-14(19-15(17)18-10)20-6-7-21-13(9-20)11-2-4-12(16)5-3-11/h2-5,8,13H,6-7,9H2,1H3,(H2,17,18,19)/t13-/m1/s1. The van der Waals surface area contributed by atoms with Crippen LogP contribution in [-0.4, -0.2) is 29.7 Å². The molecule has 1 saturated heterocycles. The molecule has 1 aromatic carbocycles. The quantitative estimate of drug-likeness (QED) is 0.924. The molecule has 1 aliphatic rings. The molecule has 0 unspecified atom stereocenters. The van der Waals surface area contributed by atoms with Gasteiger partial charge in [-0.3, -0.25) is 0 Å². The van der Waals surface area contributed by atoms with Crippen molar-refractivity contribution >= 4 is 23.4 Å². The summed E-state index contributed by atoms with van der Waals surface area (Å²) in [5, 5.41) is 0.727. The monoisotopic (exact) mass is 304 g/mol. The van der Waals surface area contributed by atoms with Crippen LogP contribution in [0.3, 0.4) is 0 Å². The minimum absolute atomic E-state index is 0.00696. The summed E-state index contributed by atoms with van der Waals surface area (Å²) < 4.78 is 5.86. The van der Waals surface area contributed by atoms with E-state index in [1.54, 1.807) is 0 Å². The van der Waals surface area contributed by atoms with Gasteiger partial charge < -0.3 is 15.4 Å². The molecule has 1 aliphatic heterocycles. The average Bonchev–Trinajstić information content (AvgIpc) is 2.47. The van der Waals surface area contributed by atoms with E-state index in [1.165, 1.54) is 0 Å². The van der Waals surface area contributed by atoms with Crippen LogP contribution < -0.4 is 10.6 Å². The molecule has 21 heavy (non-hydrogen) atoms. The molecule has 0 saturated carbocycles. The maximum Gasteiger partial charge on any atom is 0.222 e. The van der Waals surface area contributed by atoms with Gasteiger partial charge in [-0.15, -0.1) is 0 Å². The highest BCUT2D eigenvalue weighted by molar-refractivity contribution is 6.30. The third-order valence-electron chi connectivity index (χ3n) is 3.49. The van der Waals surface area contributed by atoms with Crippen molar-refractivity contribution in [3.05, 3.63) is 46.6 Å². The first-order chi connectivity index (χ1) is 10.1. The summed E-state index contributed by atoms with van der Waals surface area (Å²) in [5.74, 6) is 1.15. The summed E-state index contributed by atoms with van der Waals surface area (Å²) in [7, 11) is 0. The van der Waals surface area contributed by atoms with Gasteiger partial charge in [0.15, 0.2) is 0 Å². The van der Waals surface area contributed by atoms with Crippen molar-refractivity contribution in [2.24, 2.45) is 0 Å². The number of anilines is 2. The van der Waals surface area contributed by atoms with Crippen LogP contribution in [0, 0.1) is 6.92 Å². The number of nitrogens with two attached hydrogens (primary N) is 1. The number of aromatic nitrogens is 2. The lowest BCUT2D eigenvalue weighted by molar-refractivity contribution is 0.0395. The van der Waals surface area contributed by atoms with E-state index in [2.05, 4.69) is 14.9 Å². The number of aryl methyl sites for hydroxylation is 1. The van der Waals surface area contributed by atoms with Crippen LogP contribution in [0.1, 0.15) is 17.4 Å². The largest absolute Gasteiger partial charge is 0.370 e. The zero-order valence-corrected chi connectivity index (χ0v) is 12.5. The van der Waals surface area contributed by atoms with Crippen molar-refractivity contribution in [1.29, 1.82) is 0 Å². The van der Waals surface area contributed by atoms with E-state index in [1.807, 2.05) is 37.3 Å². The van der Waals surface area contributed by atoms with Crippen LogP contribution in [0.5, 0.6) is 0 Å². The highest BCUT2D eigenvalue weighted by Gasteiger charge is 2.23. The molecule has 2 N–H and O–H groups in total. The number of nitrogens with zero attached hydrogens (tertiary/aromatic N) is 3. The second-order valence-corrected chi connectivity index (χ2v) is 5.52. The van der Waals surface area contributed by atoms with E-state index in [9.17, 15) is 0 Å². The molecular formula is C15H17ClN4O. The Morgan fingerprint density at radius 3 is 2.76 bits per heavy atom. The Balaban J connectivity index is 1.80. The third kappa shape index (κ3) is 3.25. The summed E-state index contributed by atoms with van der Waals surface area (Å²) in [6.45, 7) is 4.09. The first-order valence-electron chi connectivity index (χ1n) is 6.85. The summed E-state index contributed by atoms with van der Waals surface area (Å²) in [6.07, 6.45) is 0.00696. The van der Waals surface area contributed by atoms with Gasteiger partial charge in [0.05, 0.1) is 6.61 Å². The molecule has 2 aromatic rings. The Morgan fingerprint density at radius 1 is 1.29 bits per heavy atom. The Labute approximate surface area is 128 Å². The lowest BCUT2D eigenvalue weighted by atomic mass is 10.1. The zero-order chi connectivity index (χ0) is 14.8. The molecule has 0 amide bonds. The number of halogens is 1. The van der Waals surface area contributed by atoms with Gasteiger partial charge >= 0.3 is 0 Å². The minimum atomic E-state index is 0.00696. The minimum Gasteiger partial charge on any atom is -0.370 e. The molecule has 0 spiro atoms. The van der Waals surface area contributed by atoms with E-state index in [4.69, 9.17) is 22.1 Å². The van der Waals surface area contributed by atoms with Gasteiger partial charge in [-0.1, -0.05) is 23.7 Å². The fraction of sp³-hybridized carbons (Fsp3) is 0.333. The smallest absolute Gasteiger partial charge is 0.222 e. The fourth-order valence-electron chi connectivity index (χ4n) is 2.47. The van der Waals surface area contributed by atoms with Gasteiger partial charge in [0.25, 0.3) is 0 Å². The first kappa shape index (κ1) is 14.1. The average molecular weight is 305 g/mol. The molecule has 3 rings (SSSR count). The van der Waals surface area contributed by atoms with Crippen molar-refractivity contribution in [3.63, 3.8) is 0 Å². The van der Waals surface area contributed by atoms with Crippen molar-refractivity contribution in [3.8, 4) is 0 Å². The molecule has 0 bridgehead atoms. The van der Waals surface area contributed by atoms with Crippen molar-refractivity contribution < 1.29 is 4.74 Å². The second-order valence-electron chi connectivity index (χ2n) is 5.08. The Kier molecular flexibility index (Phi) is 3.94. The molecular weight excluding hydrogens is 288 g/mol. The molecule has 6 heteroatoms. The summed E-state index contributed by atoms with van der Waals surface area (Å²) in [4.78, 5) is 10.6. The Bertz CT molecular complexity index is 612. The normalized spacial score (nSPS) is 18.8. The highest BCUT2D eigenvalue weighted by Crippen LogP contribution is 2.26. The molecule has 1 aromatic heterocycles. The maximum atomic E-state index is 5.93. The molecule has 0 aliphatic carbocycles. The summed E-state index contributed by atoms with van der Waals surface area (Å²) in [6, 6.07) is 9.70. The van der Waals surface area contributed by atoms with Crippen LogP contribution in [0.15, 0.2) is 30.3 Å². The van der Waals surface area contributed by atoms with Crippen molar-refractivity contribution in [1.82, 2.24) is 9.97 Å². The molecule has 2 heterocycles. The molecule has 5 nitrogen and oxygen atoms in total. The van der Waals surface area contributed by atoms with E-state index in [0.29, 0.717) is 12.6 Å². The van der Waals surface area contributed by atoms with E-state index in [-0.39, 0.29) is 6.10 Å². The van der Waals surface area contributed by atoms with E-state index < -0.39 is 0 Å². The number of ether oxygens (including phenoxy) is 1. The van der Waals surface area contributed by atoms with Crippen LogP contribution in [0.2, 0.25) is 5.02 Å². The number of hydrogen-bond donors (Lipinski definition) is 1. The number of morpholine rings is 1. The van der Waals surface area contributed by atoms with Crippen LogP contribution >= 0.6 is 11.6 Å². The number of benzene rings is 1. The maximum absolute atomic E-state index is 5.93. The fourth-order valence-corrected chi connectivity index (χ4v) is 2.60. The number of nitrogen functional groups attached to an aromatic ring is 1. The van der Waals surface area contributed by atoms with Crippen molar-refractivity contribution in [2.75, 3.05) is 30.3 Å². The molecule has 110 valence electrons. The van der Waals surface area contributed by atoms with E-state index >= 15 is 0 Å². The topological polar surface area (TPSA) is 64.3 Å². The summed E-state index contributed by atoms with van der Waals surface area (Å²) >= 11 is 5.93. The molecule has 1 fully saturated rings. The van der Waals surface area contributed by atoms with Gasteiger partial charge in [-0.05, 0) is 24.6 Å². The predicted octanol–water partition coefficient (Wildman–Crippen LogP) is 2.60. The van der Waals surface area contributed by atoms with Crippen LogP contribution in [0.25, 0.3) is 0 Å². The van der Waals surface area contributed by atoms with Crippen LogP contribution in [-0.2, 0) is 4.74 Å². The zero-order valence-electron chi connectivity index (χ0n) is 11.8. The molecule has 0 radical (unpaired) electrons. The van der Waals surface area contributed by atoms with Gasteiger partial charge in [-0.25, -0.2) is 4.98 Å². The second kappa shape index (κ2) is 5.87. The lowest BCUT2D eigenvalue weighted by Crippen LogP contribution is -2.39. The molecule has 1 atom stereocenters. The van der Waals surface area contributed by atoms with Gasteiger partial charge in [0.2, 0.25) is 5.95 Å². The first-order valence-corrected chi connectivity index (χ1v) is 7.23. The van der Waals surface area contributed by atoms with Gasteiger partial charge in [-0.2, -0.15) is 4.98 Å². The van der Waals surface area contributed by atoms with Crippen molar-refractivity contribution in [2.45, 2.75) is 13.0 Å². The lowest BCUT2D eigenvalue weighted by Gasteiger charge is -2.34. The van der Waals surface area contributed by atoms with Gasteiger partial charge in [0.1, 0.15) is 11.9 Å². The predicted molar refractivity (Wildman–Crippen MR) is 83.5 cm³/mol. The Morgan fingerprint density at radius 2 is 2.05 bits per heavy atom. The number of hydrogen-bond acceptors (Lipinski definition) is 5. The SMILES string of the molecule is Cc1cc(N2CCO[C@@H](c3ccc(Cl)cc3)C2)nc(N)n1. The number of rotatable bonds is 2. The van der Waals surface area contributed by atoms with Gasteiger partial charge in [0, 0.05) is 29.9 Å². The van der Waals surface area contributed by atoms with Crippen LogP contribution in [0.4, 0.5) is 11.8 Å². The third-order valence-corrected chi connectivity index (χ3v) is 3.74. The van der Waals surface area contributed by atoms with E-state index in [0.717, 1.165) is 35.2 Å². The summed E-state index contributed by atoms with van der Waals surface area (Å²) in [5.41, 5.74) is 7.72. The highest BCUT2D eigenvalue weighted by atomic mass is 35.5.